The first-order chi connectivity index (χ1) is 14.7. The molecular weight excluding hydrogens is 374 g/mol. The lowest BCUT2D eigenvalue weighted by Gasteiger charge is -2.31. The van der Waals surface area contributed by atoms with E-state index in [2.05, 4.69) is 36.1 Å². The van der Waals surface area contributed by atoms with E-state index in [0.717, 1.165) is 34.4 Å². The first kappa shape index (κ1) is 18.6. The summed E-state index contributed by atoms with van der Waals surface area (Å²) < 4.78 is 11.7. The van der Waals surface area contributed by atoms with Gasteiger partial charge in [0, 0.05) is 24.5 Å². The number of benzene rings is 3. The lowest BCUT2D eigenvalue weighted by Crippen LogP contribution is -2.34. The van der Waals surface area contributed by atoms with Crippen molar-refractivity contribution >= 4 is 11.0 Å². The highest BCUT2D eigenvalue weighted by Crippen LogP contribution is 2.36. The van der Waals surface area contributed by atoms with Gasteiger partial charge >= 0.3 is 5.63 Å². The van der Waals surface area contributed by atoms with Crippen LogP contribution in [0.15, 0.2) is 88.1 Å². The minimum atomic E-state index is -0.343. The van der Waals surface area contributed by atoms with Crippen LogP contribution < -0.4 is 10.4 Å². The van der Waals surface area contributed by atoms with Crippen LogP contribution in [0.4, 0.5) is 0 Å². The van der Waals surface area contributed by atoms with E-state index in [-0.39, 0.29) is 5.63 Å². The Morgan fingerprint density at radius 3 is 2.47 bits per heavy atom. The van der Waals surface area contributed by atoms with E-state index in [9.17, 15) is 4.79 Å². The van der Waals surface area contributed by atoms with Crippen molar-refractivity contribution in [2.45, 2.75) is 19.4 Å². The molecule has 0 bridgehead atoms. The maximum absolute atomic E-state index is 12.4. The number of ether oxygens (including phenoxy) is 1. The van der Waals surface area contributed by atoms with Gasteiger partial charge < -0.3 is 9.15 Å². The predicted octanol–water partition coefficient (Wildman–Crippen LogP) is 5.42. The van der Waals surface area contributed by atoms with Crippen molar-refractivity contribution in [2.24, 2.45) is 0 Å². The van der Waals surface area contributed by atoms with Crippen LogP contribution in [-0.4, -0.2) is 18.2 Å². The van der Waals surface area contributed by atoms with Gasteiger partial charge in [-0.15, -0.1) is 0 Å². The van der Waals surface area contributed by atoms with E-state index >= 15 is 0 Å². The van der Waals surface area contributed by atoms with Gasteiger partial charge in [-0.3, -0.25) is 4.90 Å². The van der Waals surface area contributed by atoms with Crippen LogP contribution in [0.5, 0.6) is 5.75 Å². The van der Waals surface area contributed by atoms with Crippen molar-refractivity contribution in [2.75, 3.05) is 13.3 Å². The molecule has 0 radical (unpaired) electrons. The van der Waals surface area contributed by atoms with E-state index in [4.69, 9.17) is 9.15 Å². The first-order valence-corrected chi connectivity index (χ1v) is 10.2. The highest BCUT2D eigenvalue weighted by Gasteiger charge is 2.24. The molecule has 4 nitrogen and oxygen atoms in total. The molecule has 0 amide bonds. The minimum Gasteiger partial charge on any atom is -0.478 e. The summed E-state index contributed by atoms with van der Waals surface area (Å²) in [6.45, 7) is 4.30. The van der Waals surface area contributed by atoms with Gasteiger partial charge in [0.15, 0.2) is 0 Å². The molecule has 4 heteroatoms. The number of rotatable bonds is 4. The summed E-state index contributed by atoms with van der Waals surface area (Å²) in [7, 11) is 0. The van der Waals surface area contributed by atoms with Gasteiger partial charge in [-0.1, -0.05) is 67.6 Å². The molecule has 1 aromatic heterocycles. The zero-order chi connectivity index (χ0) is 20.5. The summed E-state index contributed by atoms with van der Waals surface area (Å²) in [5, 5.41) is 0.932. The average Bonchev–Trinajstić information content (AvgIpc) is 2.79. The van der Waals surface area contributed by atoms with Crippen molar-refractivity contribution in [3.63, 3.8) is 0 Å². The Labute approximate surface area is 175 Å². The highest BCUT2D eigenvalue weighted by atomic mass is 16.5. The van der Waals surface area contributed by atoms with E-state index in [0.29, 0.717) is 24.8 Å². The van der Waals surface area contributed by atoms with Crippen molar-refractivity contribution in [3.8, 4) is 16.9 Å². The fourth-order valence-electron chi connectivity index (χ4n) is 4.23. The van der Waals surface area contributed by atoms with E-state index in [1.165, 1.54) is 5.56 Å². The maximum atomic E-state index is 12.4. The zero-order valence-electron chi connectivity index (χ0n) is 16.9. The smallest absolute Gasteiger partial charge is 0.336 e. The molecule has 0 saturated heterocycles. The normalized spacial score (nSPS) is 14.8. The third kappa shape index (κ3) is 3.51. The fourth-order valence-corrected chi connectivity index (χ4v) is 4.23. The molecule has 3 aromatic carbocycles. The molecule has 0 unspecified atom stereocenters. The van der Waals surface area contributed by atoms with E-state index < -0.39 is 0 Å². The maximum Gasteiger partial charge on any atom is 0.336 e. The second-order valence-corrected chi connectivity index (χ2v) is 7.86. The zero-order valence-corrected chi connectivity index (χ0v) is 16.9. The van der Waals surface area contributed by atoms with Crippen molar-refractivity contribution < 1.29 is 9.15 Å². The Morgan fingerprint density at radius 1 is 0.967 bits per heavy atom. The third-order valence-electron chi connectivity index (χ3n) is 5.74. The van der Waals surface area contributed by atoms with Crippen LogP contribution in [-0.2, 0) is 6.54 Å². The molecule has 0 saturated carbocycles. The lowest BCUT2D eigenvalue weighted by atomic mass is 9.98. The van der Waals surface area contributed by atoms with Crippen LogP contribution in [0.2, 0.25) is 0 Å². The number of fused-ring (bicyclic) bond motifs is 3. The Bertz CT molecular complexity index is 1230. The summed E-state index contributed by atoms with van der Waals surface area (Å²) in [4.78, 5) is 14.6. The molecule has 0 spiro atoms. The van der Waals surface area contributed by atoms with E-state index in [1.807, 2.05) is 48.5 Å². The van der Waals surface area contributed by atoms with Crippen molar-refractivity contribution in [3.05, 3.63) is 100 Å². The van der Waals surface area contributed by atoms with Crippen LogP contribution in [0, 0.1) is 0 Å². The van der Waals surface area contributed by atoms with Gasteiger partial charge in [-0.2, -0.15) is 0 Å². The summed E-state index contributed by atoms with van der Waals surface area (Å²) in [6.07, 6.45) is 0. The predicted molar refractivity (Wildman–Crippen MR) is 119 cm³/mol. The molecule has 0 aliphatic carbocycles. The Hall–Kier alpha value is -3.37. The highest BCUT2D eigenvalue weighted by molar-refractivity contribution is 5.95. The molecule has 150 valence electrons. The van der Waals surface area contributed by atoms with Crippen molar-refractivity contribution in [1.82, 2.24) is 4.90 Å². The Balaban J connectivity index is 1.52. The van der Waals surface area contributed by atoms with Gasteiger partial charge in [0.05, 0.1) is 5.56 Å². The molecule has 1 aliphatic heterocycles. The summed E-state index contributed by atoms with van der Waals surface area (Å²) >= 11 is 0. The molecule has 0 fully saturated rings. The summed E-state index contributed by atoms with van der Waals surface area (Å²) in [5.74, 6) is 1.16. The Morgan fingerprint density at radius 2 is 1.70 bits per heavy atom. The first-order valence-electron chi connectivity index (χ1n) is 10.2. The van der Waals surface area contributed by atoms with Crippen molar-refractivity contribution in [1.29, 1.82) is 0 Å². The van der Waals surface area contributed by atoms with E-state index in [1.54, 1.807) is 6.07 Å². The number of hydrogen-bond acceptors (Lipinski definition) is 4. The van der Waals surface area contributed by atoms with Gasteiger partial charge in [-0.25, -0.2) is 4.79 Å². The largest absolute Gasteiger partial charge is 0.478 e. The monoisotopic (exact) mass is 397 g/mol. The van der Waals surface area contributed by atoms with Gasteiger partial charge in [-0.05, 0) is 34.7 Å². The van der Waals surface area contributed by atoms with Crippen LogP contribution in [0.3, 0.4) is 0 Å². The molecule has 5 rings (SSSR count). The van der Waals surface area contributed by atoms with Crippen LogP contribution in [0.1, 0.15) is 24.0 Å². The summed E-state index contributed by atoms with van der Waals surface area (Å²) in [6, 6.07) is 26.0. The SMILES string of the molecule is C[C@@H](CN1COc2ccc3c(-c4ccccc4)cc(=O)oc3c2C1)c1ccccc1. The third-order valence-corrected chi connectivity index (χ3v) is 5.74. The number of hydrogen-bond donors (Lipinski definition) is 0. The van der Waals surface area contributed by atoms with Crippen LogP contribution in [0.25, 0.3) is 22.1 Å². The second-order valence-electron chi connectivity index (χ2n) is 7.86. The lowest BCUT2D eigenvalue weighted by molar-refractivity contribution is 0.0909. The topological polar surface area (TPSA) is 42.7 Å². The molecular formula is C26H23NO3. The van der Waals surface area contributed by atoms with Gasteiger partial charge in [0.25, 0.3) is 0 Å². The fraction of sp³-hybridized carbons (Fsp3) is 0.192. The van der Waals surface area contributed by atoms with Gasteiger partial charge in [0.2, 0.25) is 0 Å². The quantitative estimate of drug-likeness (QED) is 0.432. The van der Waals surface area contributed by atoms with Gasteiger partial charge in [0.1, 0.15) is 18.1 Å². The molecule has 2 heterocycles. The molecule has 1 aliphatic rings. The van der Waals surface area contributed by atoms with Crippen LogP contribution >= 0.6 is 0 Å². The average molecular weight is 397 g/mol. The standard InChI is InChI=1S/C26H23NO3/c1-18(19-8-4-2-5-9-19)15-27-16-23-24(29-17-27)13-12-21-22(14-25(28)30-26(21)23)20-10-6-3-7-11-20/h2-14,18H,15-17H2,1H3/t18-/m0/s1. The number of nitrogens with zero attached hydrogens (tertiary/aromatic N) is 1. The molecule has 1 atom stereocenters. The second kappa shape index (κ2) is 7.81. The minimum absolute atomic E-state index is 0.343. The molecule has 30 heavy (non-hydrogen) atoms. The molecule has 0 N–H and O–H groups in total. The molecule has 4 aromatic rings. The summed E-state index contributed by atoms with van der Waals surface area (Å²) in [5.41, 5.74) is 4.41. The Kier molecular flexibility index (Phi) is 4.85.